The number of nitrogens with zero attached hydrogens (tertiary/aromatic N) is 1. The van der Waals surface area contributed by atoms with Gasteiger partial charge in [-0.25, -0.2) is 0 Å². The minimum absolute atomic E-state index is 0.649. The van der Waals surface area contributed by atoms with E-state index in [1.54, 1.807) is 17.5 Å². The lowest BCUT2D eigenvalue weighted by molar-refractivity contribution is 0.221. The zero-order chi connectivity index (χ0) is 12.5. The molecule has 0 saturated carbocycles. The molecular formula is C14H10BrNOS. The second kappa shape index (κ2) is 4.80. The molecule has 3 aromatic rings. The number of pyridine rings is 1. The van der Waals surface area contributed by atoms with Crippen LogP contribution in [0, 0.1) is 0 Å². The summed E-state index contributed by atoms with van der Waals surface area (Å²) in [6.07, 6.45) is 1.10. The lowest BCUT2D eigenvalue weighted by Crippen LogP contribution is -2.00. The first-order valence-electron chi connectivity index (χ1n) is 5.50. The number of halogens is 1. The van der Waals surface area contributed by atoms with Crippen molar-refractivity contribution in [2.24, 2.45) is 0 Å². The van der Waals surface area contributed by atoms with Gasteiger partial charge in [0.2, 0.25) is 0 Å². The van der Waals surface area contributed by atoms with Crippen molar-refractivity contribution in [1.29, 1.82) is 0 Å². The van der Waals surface area contributed by atoms with Crippen LogP contribution in [0.25, 0.3) is 10.9 Å². The Morgan fingerprint density at radius 2 is 1.94 bits per heavy atom. The van der Waals surface area contributed by atoms with Crippen LogP contribution in [0.5, 0.6) is 0 Å². The molecule has 90 valence electrons. The fourth-order valence-corrected chi connectivity index (χ4v) is 3.54. The van der Waals surface area contributed by atoms with Crippen LogP contribution < -0.4 is 0 Å². The van der Waals surface area contributed by atoms with Crippen LogP contribution in [0.4, 0.5) is 0 Å². The van der Waals surface area contributed by atoms with Crippen molar-refractivity contribution in [3.8, 4) is 0 Å². The Hall–Kier alpha value is -1.23. The Morgan fingerprint density at radius 1 is 1.11 bits per heavy atom. The Labute approximate surface area is 117 Å². The number of para-hydroxylation sites is 1. The van der Waals surface area contributed by atoms with Crippen molar-refractivity contribution in [2.45, 2.75) is 6.10 Å². The van der Waals surface area contributed by atoms with Crippen molar-refractivity contribution < 1.29 is 5.11 Å². The van der Waals surface area contributed by atoms with E-state index < -0.39 is 6.10 Å². The van der Waals surface area contributed by atoms with Crippen LogP contribution in [-0.4, -0.2) is 10.1 Å². The smallest absolute Gasteiger partial charge is 0.108 e. The van der Waals surface area contributed by atoms with E-state index in [0.29, 0.717) is 0 Å². The van der Waals surface area contributed by atoms with Crippen LogP contribution in [0.1, 0.15) is 17.2 Å². The summed E-state index contributed by atoms with van der Waals surface area (Å²) in [7, 11) is 0. The van der Waals surface area contributed by atoms with Crippen molar-refractivity contribution >= 4 is 38.2 Å². The zero-order valence-electron chi connectivity index (χ0n) is 9.38. The molecule has 2 heterocycles. The summed E-state index contributed by atoms with van der Waals surface area (Å²) in [5.74, 6) is 0. The summed E-state index contributed by atoms with van der Waals surface area (Å²) in [6.45, 7) is 0. The molecule has 18 heavy (non-hydrogen) atoms. The van der Waals surface area contributed by atoms with E-state index in [-0.39, 0.29) is 0 Å². The van der Waals surface area contributed by atoms with Crippen molar-refractivity contribution in [3.05, 3.63) is 62.9 Å². The predicted molar refractivity (Wildman–Crippen MR) is 77.8 cm³/mol. The third-order valence-electron chi connectivity index (χ3n) is 2.90. The molecule has 0 radical (unpaired) electrons. The molecule has 0 fully saturated rings. The van der Waals surface area contributed by atoms with E-state index in [0.717, 1.165) is 26.5 Å². The summed E-state index contributed by atoms with van der Waals surface area (Å²) in [5.41, 5.74) is 2.58. The third-order valence-corrected chi connectivity index (χ3v) is 4.65. The van der Waals surface area contributed by atoms with Crippen LogP contribution in [0.3, 0.4) is 0 Å². The molecule has 0 aliphatic carbocycles. The summed E-state index contributed by atoms with van der Waals surface area (Å²) >= 11 is 5.03. The van der Waals surface area contributed by atoms with Crippen LogP contribution in [0.15, 0.2) is 51.8 Å². The Kier molecular flexibility index (Phi) is 3.16. The standard InChI is InChI=1S/C14H10BrNOS/c15-12-8-18-7-11(12)14(17)10-5-1-3-9-4-2-6-16-13(9)10/h1-8,14,17H. The van der Waals surface area contributed by atoms with Gasteiger partial charge in [0.25, 0.3) is 0 Å². The normalized spacial score (nSPS) is 12.8. The van der Waals surface area contributed by atoms with E-state index in [1.807, 2.05) is 41.1 Å². The molecule has 0 amide bonds. The number of aliphatic hydroxyl groups excluding tert-OH is 1. The van der Waals surface area contributed by atoms with E-state index in [2.05, 4.69) is 20.9 Å². The minimum Gasteiger partial charge on any atom is -0.384 e. The van der Waals surface area contributed by atoms with Crippen molar-refractivity contribution in [1.82, 2.24) is 4.98 Å². The quantitative estimate of drug-likeness (QED) is 0.770. The highest BCUT2D eigenvalue weighted by Gasteiger charge is 2.17. The first-order chi connectivity index (χ1) is 8.77. The maximum absolute atomic E-state index is 10.5. The van der Waals surface area contributed by atoms with E-state index in [1.165, 1.54) is 0 Å². The van der Waals surface area contributed by atoms with E-state index in [4.69, 9.17) is 0 Å². The van der Waals surface area contributed by atoms with E-state index in [9.17, 15) is 5.11 Å². The van der Waals surface area contributed by atoms with Gasteiger partial charge >= 0.3 is 0 Å². The number of fused-ring (bicyclic) bond motifs is 1. The monoisotopic (exact) mass is 319 g/mol. The van der Waals surface area contributed by atoms with Gasteiger partial charge in [0.1, 0.15) is 6.10 Å². The number of aliphatic hydroxyl groups is 1. The average molecular weight is 320 g/mol. The Bertz CT molecular complexity index is 690. The number of hydrogen-bond donors (Lipinski definition) is 1. The van der Waals surface area contributed by atoms with Crippen LogP contribution in [0.2, 0.25) is 0 Å². The van der Waals surface area contributed by atoms with Gasteiger partial charge in [0.15, 0.2) is 0 Å². The lowest BCUT2D eigenvalue weighted by atomic mass is 10.0. The third kappa shape index (κ3) is 1.96. The van der Waals surface area contributed by atoms with Crippen LogP contribution in [-0.2, 0) is 0 Å². The zero-order valence-corrected chi connectivity index (χ0v) is 11.8. The molecule has 3 rings (SSSR count). The van der Waals surface area contributed by atoms with Crippen molar-refractivity contribution in [3.63, 3.8) is 0 Å². The van der Waals surface area contributed by atoms with Gasteiger partial charge in [-0.15, -0.1) is 0 Å². The predicted octanol–water partition coefficient (Wildman–Crippen LogP) is 4.14. The molecular weight excluding hydrogens is 310 g/mol. The molecule has 1 atom stereocenters. The highest BCUT2D eigenvalue weighted by molar-refractivity contribution is 9.10. The van der Waals surface area contributed by atoms with Gasteiger partial charge in [0.05, 0.1) is 5.52 Å². The maximum Gasteiger partial charge on any atom is 0.108 e. The SMILES string of the molecule is OC(c1cscc1Br)c1cccc2cccnc12. The lowest BCUT2D eigenvalue weighted by Gasteiger charge is -2.12. The van der Waals surface area contributed by atoms with Crippen LogP contribution >= 0.6 is 27.3 Å². The molecule has 1 aromatic carbocycles. The fraction of sp³-hybridized carbons (Fsp3) is 0.0714. The average Bonchev–Trinajstić information content (AvgIpc) is 2.83. The fourth-order valence-electron chi connectivity index (χ4n) is 2.00. The highest BCUT2D eigenvalue weighted by atomic mass is 79.9. The summed E-state index contributed by atoms with van der Waals surface area (Å²) in [4.78, 5) is 4.37. The van der Waals surface area contributed by atoms with Gasteiger partial charge in [-0.05, 0) is 27.4 Å². The minimum atomic E-state index is -0.649. The summed E-state index contributed by atoms with van der Waals surface area (Å²) in [6, 6.07) is 9.77. The van der Waals surface area contributed by atoms with Gasteiger partial charge in [-0.1, -0.05) is 24.3 Å². The first-order valence-corrected chi connectivity index (χ1v) is 7.24. The van der Waals surface area contributed by atoms with E-state index >= 15 is 0 Å². The summed E-state index contributed by atoms with van der Waals surface area (Å²) < 4.78 is 0.938. The molecule has 0 aliphatic heterocycles. The molecule has 0 spiro atoms. The van der Waals surface area contributed by atoms with Crippen molar-refractivity contribution in [2.75, 3.05) is 0 Å². The molecule has 1 unspecified atom stereocenters. The second-order valence-electron chi connectivity index (χ2n) is 4.00. The summed E-state index contributed by atoms with van der Waals surface area (Å²) in [5, 5.41) is 15.5. The van der Waals surface area contributed by atoms with Gasteiger partial charge in [-0.2, -0.15) is 11.3 Å². The molecule has 2 aromatic heterocycles. The topological polar surface area (TPSA) is 33.1 Å². The number of hydrogen-bond acceptors (Lipinski definition) is 3. The number of benzene rings is 1. The molecule has 0 aliphatic rings. The van der Waals surface area contributed by atoms with Gasteiger partial charge in [0, 0.05) is 32.6 Å². The number of thiophene rings is 1. The second-order valence-corrected chi connectivity index (χ2v) is 5.60. The molecule has 1 N–H and O–H groups in total. The highest BCUT2D eigenvalue weighted by Crippen LogP contribution is 2.33. The first kappa shape index (κ1) is 11.8. The molecule has 2 nitrogen and oxygen atoms in total. The molecule has 0 saturated heterocycles. The number of aromatic nitrogens is 1. The molecule has 0 bridgehead atoms. The van der Waals surface area contributed by atoms with Gasteiger partial charge in [-0.3, -0.25) is 4.98 Å². The number of rotatable bonds is 2. The Morgan fingerprint density at radius 3 is 2.72 bits per heavy atom. The maximum atomic E-state index is 10.5. The molecule has 4 heteroatoms. The Balaban J connectivity index is 2.18. The largest absolute Gasteiger partial charge is 0.384 e. The van der Waals surface area contributed by atoms with Gasteiger partial charge < -0.3 is 5.11 Å².